The minimum Gasteiger partial charge on any atom is -0.478 e. The van der Waals surface area contributed by atoms with Gasteiger partial charge < -0.3 is 34.0 Å². The molecule has 98 heavy (non-hydrogen) atoms. The number of nitrogens with zero attached hydrogens (tertiary/aromatic N) is 4. The minimum atomic E-state index is -2.20. The molecule has 5 aliphatic rings. The van der Waals surface area contributed by atoms with E-state index in [0.29, 0.717) is 59.3 Å². The van der Waals surface area contributed by atoms with E-state index in [1.165, 1.54) is 72.8 Å². The normalized spacial score (nSPS) is 16.4. The predicted molar refractivity (Wildman–Crippen MR) is 359 cm³/mol. The number of hydrogen-bond donors (Lipinski definition) is 4. The van der Waals surface area contributed by atoms with E-state index in [0.717, 1.165) is 30.7 Å². The molecule has 4 aliphatic heterocycles. The van der Waals surface area contributed by atoms with E-state index >= 15 is 0 Å². The van der Waals surface area contributed by atoms with Crippen LogP contribution in [0.1, 0.15) is 131 Å². The Morgan fingerprint density at radius 1 is 0.418 bits per heavy atom. The predicted octanol–water partition coefficient (Wildman–Crippen LogP) is 12.0. The zero-order valence-electron chi connectivity index (χ0n) is 53.8. The van der Waals surface area contributed by atoms with Gasteiger partial charge in [-0.2, -0.15) is 0 Å². The molecule has 0 aromatic heterocycles. The Kier molecular flexibility index (Phi) is 18.4. The Bertz CT molecular complexity index is 4510. The van der Waals surface area contributed by atoms with E-state index in [2.05, 4.69) is 40.0 Å². The molecule has 12 rings (SSSR count). The summed E-state index contributed by atoms with van der Waals surface area (Å²) < 4.78 is 18.7. The molecule has 4 heterocycles. The number of fused-ring (bicyclic) bond motifs is 4. The molecule has 1 aliphatic carbocycles. The van der Waals surface area contributed by atoms with Crippen LogP contribution in [0.5, 0.6) is 23.0 Å². The number of amides is 8. The van der Waals surface area contributed by atoms with E-state index in [1.807, 2.05) is 48.5 Å². The average Bonchev–Trinajstić information content (AvgIpc) is 1.62. The average molecular weight is 1360 g/mol. The van der Waals surface area contributed by atoms with Gasteiger partial charge in [-0.25, -0.2) is 29.0 Å². The quantitative estimate of drug-likeness (QED) is 0.0362. The summed E-state index contributed by atoms with van der Waals surface area (Å²) in [4.78, 5) is 153. The van der Waals surface area contributed by atoms with Gasteiger partial charge >= 0.3 is 23.9 Å². The van der Waals surface area contributed by atoms with Crippen LogP contribution in [0.15, 0.2) is 175 Å². The number of carboxylic acids is 4. The van der Waals surface area contributed by atoms with Crippen LogP contribution in [-0.4, -0.2) is 131 Å². The maximum absolute atomic E-state index is 13.1. The first-order valence-electron chi connectivity index (χ1n) is 31.1. The third kappa shape index (κ3) is 13.5. The first-order chi connectivity index (χ1) is 46.4. The molecule has 7 aromatic carbocycles. The Morgan fingerprint density at radius 3 is 1.14 bits per heavy atom. The first kappa shape index (κ1) is 67.9. The smallest absolute Gasteiger partial charge is 0.335 e. The summed E-state index contributed by atoms with van der Waals surface area (Å²) in [5.74, 6) is -7.95. The number of carboxylic acid groups (broad SMARTS) is 4. The zero-order chi connectivity index (χ0) is 70.4. The van der Waals surface area contributed by atoms with E-state index in [1.54, 1.807) is 48.5 Å². The van der Waals surface area contributed by atoms with Crippen molar-refractivity contribution in [3.05, 3.63) is 237 Å². The lowest BCUT2D eigenvalue weighted by atomic mass is 9.78. The third-order valence-corrected chi connectivity index (χ3v) is 25.3. The van der Waals surface area contributed by atoms with Crippen molar-refractivity contribution in [3.63, 3.8) is 0 Å². The third-order valence-electron chi connectivity index (χ3n) is 17.7. The van der Waals surface area contributed by atoms with Crippen molar-refractivity contribution in [1.82, 2.24) is 9.80 Å². The SMILES string of the molecule is CC(C)(c1ccc(Oc2ccc(N3C(=O)c4ccc(C(=O)O)cc4C3=O)cc2)cc1)c1ccc(Oc2ccc(N3C(=O)C4C=CC(C(=O)O)=CC4C3=O)cc2)cc1.C[Si](C)(CCCN1C(=O)c2ccc(C(=O)O)cc2C1=O)O[Si](C)(C)CCCN1C(=O)c2ccc(C(=O)O)cc2C1=O. The molecule has 0 radical (unpaired) electrons. The van der Waals surface area contributed by atoms with Crippen molar-refractivity contribution in [2.45, 2.75) is 70.4 Å². The Balaban J connectivity index is 0.000000210. The van der Waals surface area contributed by atoms with Gasteiger partial charge in [-0.05, 0) is 190 Å². The van der Waals surface area contributed by atoms with Gasteiger partial charge in [0.15, 0.2) is 16.6 Å². The topological polar surface area (TPSA) is 326 Å². The molecule has 8 amide bonds. The zero-order valence-corrected chi connectivity index (χ0v) is 55.8. The van der Waals surface area contributed by atoms with Crippen molar-refractivity contribution in [3.8, 4) is 23.0 Å². The number of rotatable bonds is 22. The molecule has 2 unspecified atom stereocenters. The molecule has 0 spiro atoms. The maximum Gasteiger partial charge on any atom is 0.335 e. The number of carbonyl (C=O) groups is 12. The lowest BCUT2D eigenvalue weighted by Gasteiger charge is -2.34. The Morgan fingerprint density at radius 2 is 0.755 bits per heavy atom. The summed E-state index contributed by atoms with van der Waals surface area (Å²) in [6.45, 7) is 12.9. The van der Waals surface area contributed by atoms with E-state index < -0.39 is 99.6 Å². The highest BCUT2D eigenvalue weighted by atomic mass is 28.4. The van der Waals surface area contributed by atoms with Crippen LogP contribution in [-0.2, 0) is 23.9 Å². The molecule has 1 saturated heterocycles. The summed E-state index contributed by atoms with van der Waals surface area (Å²) in [5.41, 5.74) is 3.02. The molecule has 25 heteroatoms. The molecule has 1 fully saturated rings. The fraction of sp³-hybridized carbons (Fsp3) is 0.205. The van der Waals surface area contributed by atoms with Crippen LogP contribution < -0.4 is 19.3 Å². The highest BCUT2D eigenvalue weighted by Gasteiger charge is 2.48. The van der Waals surface area contributed by atoms with E-state index in [4.69, 9.17) is 13.6 Å². The van der Waals surface area contributed by atoms with E-state index in [-0.39, 0.29) is 74.1 Å². The number of imide groups is 4. The molecule has 498 valence electrons. The molecular weight excluding hydrogens is 1290 g/mol. The van der Waals surface area contributed by atoms with Crippen LogP contribution in [0.3, 0.4) is 0 Å². The largest absolute Gasteiger partial charge is 0.478 e. The maximum atomic E-state index is 13.1. The molecule has 4 N–H and O–H groups in total. The summed E-state index contributed by atoms with van der Waals surface area (Å²) in [6, 6.07) is 41.5. The van der Waals surface area contributed by atoms with Crippen molar-refractivity contribution >= 4 is 99.1 Å². The van der Waals surface area contributed by atoms with Gasteiger partial charge in [-0.1, -0.05) is 56.3 Å². The molecule has 0 saturated carbocycles. The fourth-order valence-corrected chi connectivity index (χ4v) is 21.4. The molecule has 2 atom stereocenters. The lowest BCUT2D eigenvalue weighted by molar-refractivity contribution is -0.132. The number of hydrogen-bond acceptors (Lipinski definition) is 15. The number of aliphatic carboxylic acids is 1. The number of ether oxygens (including phenoxy) is 2. The molecule has 0 bridgehead atoms. The van der Waals surface area contributed by atoms with Crippen molar-refractivity contribution in [2.75, 3.05) is 22.9 Å². The van der Waals surface area contributed by atoms with Gasteiger partial charge in [0.2, 0.25) is 11.8 Å². The highest BCUT2D eigenvalue weighted by Crippen LogP contribution is 2.40. The molecular formula is C73H64N4O19Si2. The second-order valence-electron chi connectivity index (χ2n) is 25.7. The van der Waals surface area contributed by atoms with Gasteiger partial charge in [0.1, 0.15) is 23.0 Å². The van der Waals surface area contributed by atoms with Crippen LogP contribution in [0.4, 0.5) is 11.4 Å². The Hall–Kier alpha value is -11.5. The number of anilines is 2. The summed E-state index contributed by atoms with van der Waals surface area (Å²) in [5, 5.41) is 37.0. The monoisotopic (exact) mass is 1360 g/mol. The van der Waals surface area contributed by atoms with Crippen molar-refractivity contribution in [1.29, 1.82) is 0 Å². The van der Waals surface area contributed by atoms with Gasteiger partial charge in [0.05, 0.1) is 78.9 Å². The second kappa shape index (κ2) is 26.6. The van der Waals surface area contributed by atoms with Gasteiger partial charge in [0.25, 0.3) is 35.4 Å². The first-order valence-corrected chi connectivity index (χ1v) is 37.4. The molecule has 23 nitrogen and oxygen atoms in total. The van der Waals surface area contributed by atoms with E-state index in [9.17, 15) is 78.0 Å². The summed E-state index contributed by atoms with van der Waals surface area (Å²) >= 11 is 0. The number of carbonyl (C=O) groups excluding carboxylic acids is 8. The van der Waals surface area contributed by atoms with Crippen LogP contribution in [0.25, 0.3) is 0 Å². The van der Waals surface area contributed by atoms with Gasteiger partial charge in [-0.3, -0.25) is 48.2 Å². The Labute approximate surface area is 562 Å². The highest BCUT2D eigenvalue weighted by molar-refractivity contribution is 6.84. The van der Waals surface area contributed by atoms with Gasteiger partial charge in [-0.15, -0.1) is 0 Å². The molecule has 7 aromatic rings. The summed E-state index contributed by atoms with van der Waals surface area (Å²) in [7, 11) is -4.41. The van der Waals surface area contributed by atoms with Crippen molar-refractivity contribution < 1.29 is 91.5 Å². The second-order valence-corrected chi connectivity index (χ2v) is 34.6. The number of benzene rings is 7. The summed E-state index contributed by atoms with van der Waals surface area (Å²) in [6.07, 6.45) is 5.26. The minimum absolute atomic E-state index is 0.0178. The van der Waals surface area contributed by atoms with Gasteiger partial charge in [0, 0.05) is 18.5 Å². The number of aromatic carboxylic acids is 3. The van der Waals surface area contributed by atoms with Crippen molar-refractivity contribution in [2.24, 2.45) is 11.8 Å². The van der Waals surface area contributed by atoms with Crippen LogP contribution in [0, 0.1) is 11.8 Å². The van der Waals surface area contributed by atoms with Crippen LogP contribution >= 0.6 is 0 Å². The standard InChI is InChI=1S/C45H32N2O10.C28H32N2O9Si2/c1-45(2,27-5-13-31(14-6-27)56-33-17-9-29(10-18-33)46-39(48)35-21-3-25(43(52)53)23-37(35)41(46)50)28-7-15-32(16-8-28)57-34-19-11-30(12-20-34)47-40(49)36-22-4-26(44(54)55)24-38(36)42(47)51;1-40(2,13-5-11-29-23(31)19-9-7-17(27(35)36)15-21(19)25(29)33)39-41(3,4)14-6-12-30-24(32)20-10-8-18(28(37)38)16-22(20)26(30)34/h3-24,35,37H,1-2H3,(H,52,53)(H,54,55);7-10,15-16H,5-6,11-14H2,1-4H3,(H,35,36)(H,37,38). The lowest BCUT2D eigenvalue weighted by Crippen LogP contribution is -2.45. The van der Waals surface area contributed by atoms with Crippen LogP contribution in [0.2, 0.25) is 38.3 Å². The fourth-order valence-electron chi connectivity index (χ4n) is 12.6.